The molecule has 1 aliphatic rings. The molecule has 6 heteroatoms. The molecule has 4 nitrogen and oxygen atoms in total. The van der Waals surface area contributed by atoms with Crippen LogP contribution in [0.4, 0.5) is 10.1 Å². The quantitative estimate of drug-likeness (QED) is 0.544. The third-order valence-corrected chi connectivity index (χ3v) is 2.70. The fourth-order valence-corrected chi connectivity index (χ4v) is 1.78. The third-order valence-electron chi connectivity index (χ3n) is 2.70. The van der Waals surface area contributed by atoms with E-state index in [1.165, 1.54) is 12.1 Å². The van der Waals surface area contributed by atoms with Gasteiger partial charge in [-0.1, -0.05) is 6.07 Å². The normalized spacial score (nSPS) is 13.8. The van der Waals surface area contributed by atoms with E-state index in [2.05, 4.69) is 20.9 Å². The van der Waals surface area contributed by atoms with E-state index in [9.17, 15) is 4.39 Å². The molecule has 1 heterocycles. The first-order valence-corrected chi connectivity index (χ1v) is 6.36. The predicted octanol–water partition coefficient (Wildman–Crippen LogP) is 2.18. The van der Waals surface area contributed by atoms with Gasteiger partial charge in [-0.2, -0.15) is 0 Å². The first kappa shape index (κ1) is 16.0. The molecule has 0 saturated carbocycles. The Morgan fingerprint density at radius 1 is 1.26 bits per heavy atom. The van der Waals surface area contributed by atoms with E-state index >= 15 is 0 Å². The van der Waals surface area contributed by atoms with Crippen LogP contribution in [0.2, 0.25) is 0 Å². The van der Waals surface area contributed by atoms with Gasteiger partial charge in [0.15, 0.2) is 5.96 Å². The minimum atomic E-state index is -0.209. The maximum Gasteiger partial charge on any atom is 0.191 e. The van der Waals surface area contributed by atoms with E-state index < -0.39 is 0 Å². The smallest absolute Gasteiger partial charge is 0.191 e. The Labute approximate surface area is 130 Å². The molecule has 0 unspecified atom stereocenters. The van der Waals surface area contributed by atoms with Gasteiger partial charge in [0, 0.05) is 31.9 Å². The highest BCUT2D eigenvalue weighted by Gasteiger charge is 2.01. The summed E-state index contributed by atoms with van der Waals surface area (Å²) in [4.78, 5) is 4.32. The minimum absolute atomic E-state index is 0. The summed E-state index contributed by atoms with van der Waals surface area (Å²) in [6, 6.07) is 6.51. The van der Waals surface area contributed by atoms with Gasteiger partial charge in [0.25, 0.3) is 0 Å². The Balaban J connectivity index is 0.00000180. The van der Waals surface area contributed by atoms with Crippen LogP contribution >= 0.6 is 24.0 Å². The van der Waals surface area contributed by atoms with Crippen molar-refractivity contribution in [2.24, 2.45) is 4.99 Å². The molecule has 0 aromatic heterocycles. The maximum absolute atomic E-state index is 12.9. The lowest BCUT2D eigenvalue weighted by Gasteiger charge is -2.16. The lowest BCUT2D eigenvalue weighted by Crippen LogP contribution is -2.41. The fourth-order valence-electron chi connectivity index (χ4n) is 1.78. The first-order valence-electron chi connectivity index (χ1n) is 6.36. The number of aliphatic imine (C=N–C) groups is 1. The van der Waals surface area contributed by atoms with E-state index in [-0.39, 0.29) is 29.8 Å². The topological polar surface area (TPSA) is 48.5 Å². The summed E-state index contributed by atoms with van der Waals surface area (Å²) in [6.07, 6.45) is 2.06. The van der Waals surface area contributed by atoms with Crippen molar-refractivity contribution in [3.8, 4) is 0 Å². The summed E-state index contributed by atoms with van der Waals surface area (Å²) < 4.78 is 12.9. The number of hydrogen-bond donors (Lipinski definition) is 3. The van der Waals surface area contributed by atoms with Gasteiger partial charge in [-0.15, -0.1) is 24.0 Å². The molecule has 0 spiro atoms. The Morgan fingerprint density at radius 3 is 2.84 bits per heavy atom. The Morgan fingerprint density at radius 2 is 2.11 bits per heavy atom. The number of rotatable bonds is 5. The number of benzene rings is 1. The van der Waals surface area contributed by atoms with E-state index in [0.29, 0.717) is 0 Å². The SMILES string of the molecule is Fc1cccc(NCCCNC2=NCCCN2)c1.I. The molecule has 2 rings (SSSR count). The molecule has 0 saturated heterocycles. The molecular formula is C13H20FIN4. The van der Waals surface area contributed by atoms with Crippen molar-refractivity contribution in [3.63, 3.8) is 0 Å². The van der Waals surface area contributed by atoms with Gasteiger partial charge in [0.2, 0.25) is 0 Å². The van der Waals surface area contributed by atoms with Crippen LogP contribution in [0.15, 0.2) is 29.3 Å². The second-order valence-corrected chi connectivity index (χ2v) is 4.23. The van der Waals surface area contributed by atoms with Crippen molar-refractivity contribution in [1.82, 2.24) is 10.6 Å². The van der Waals surface area contributed by atoms with Gasteiger partial charge < -0.3 is 16.0 Å². The van der Waals surface area contributed by atoms with Gasteiger partial charge in [-0.3, -0.25) is 4.99 Å². The molecule has 0 amide bonds. The second kappa shape index (κ2) is 8.95. The number of halogens is 2. The van der Waals surface area contributed by atoms with Crippen molar-refractivity contribution >= 4 is 35.6 Å². The highest BCUT2D eigenvalue weighted by Crippen LogP contribution is 2.08. The summed E-state index contributed by atoms with van der Waals surface area (Å²) in [5.41, 5.74) is 0.822. The predicted molar refractivity (Wildman–Crippen MR) is 87.8 cm³/mol. The maximum atomic E-state index is 12.9. The molecule has 1 aromatic rings. The van der Waals surface area contributed by atoms with Crippen LogP contribution in [-0.4, -0.2) is 32.1 Å². The summed E-state index contributed by atoms with van der Waals surface area (Å²) in [7, 11) is 0. The van der Waals surface area contributed by atoms with Gasteiger partial charge in [-0.05, 0) is 31.0 Å². The number of nitrogens with one attached hydrogen (secondary N) is 3. The molecular weight excluding hydrogens is 358 g/mol. The van der Waals surface area contributed by atoms with Crippen LogP contribution < -0.4 is 16.0 Å². The molecule has 0 bridgehead atoms. The standard InChI is InChI=1S/C13H19FN4.HI/c14-11-4-1-5-12(10-11)15-6-2-7-16-13-17-8-3-9-18-13;/h1,4-5,10,15H,2-3,6-9H2,(H2,16,17,18);1H. The third kappa shape index (κ3) is 6.09. The zero-order chi connectivity index (χ0) is 12.6. The van der Waals surface area contributed by atoms with Crippen molar-refractivity contribution in [2.45, 2.75) is 12.8 Å². The molecule has 0 atom stereocenters. The van der Waals surface area contributed by atoms with Crippen LogP contribution in [0.3, 0.4) is 0 Å². The Kier molecular flexibility index (Phi) is 7.54. The molecule has 1 aliphatic heterocycles. The van der Waals surface area contributed by atoms with Crippen LogP contribution in [0.25, 0.3) is 0 Å². The van der Waals surface area contributed by atoms with Crippen LogP contribution in [0.1, 0.15) is 12.8 Å². The van der Waals surface area contributed by atoms with Gasteiger partial charge in [-0.25, -0.2) is 4.39 Å². The zero-order valence-electron chi connectivity index (χ0n) is 10.8. The van der Waals surface area contributed by atoms with Gasteiger partial charge in [0.1, 0.15) is 5.82 Å². The van der Waals surface area contributed by atoms with Crippen molar-refractivity contribution in [1.29, 1.82) is 0 Å². The summed E-state index contributed by atoms with van der Waals surface area (Å²) in [6.45, 7) is 3.56. The van der Waals surface area contributed by atoms with Gasteiger partial charge in [0.05, 0.1) is 0 Å². The second-order valence-electron chi connectivity index (χ2n) is 4.23. The number of anilines is 1. The molecule has 3 N–H and O–H groups in total. The molecule has 0 radical (unpaired) electrons. The number of guanidine groups is 1. The van der Waals surface area contributed by atoms with E-state index in [1.54, 1.807) is 6.07 Å². The van der Waals surface area contributed by atoms with Gasteiger partial charge >= 0.3 is 0 Å². The average molecular weight is 378 g/mol. The summed E-state index contributed by atoms with van der Waals surface area (Å²) in [5.74, 6) is 0.686. The van der Waals surface area contributed by atoms with Crippen molar-refractivity contribution in [2.75, 3.05) is 31.5 Å². The summed E-state index contributed by atoms with van der Waals surface area (Å²) in [5, 5.41) is 9.63. The monoisotopic (exact) mass is 378 g/mol. The minimum Gasteiger partial charge on any atom is -0.385 e. The van der Waals surface area contributed by atoms with Crippen molar-refractivity contribution in [3.05, 3.63) is 30.1 Å². The largest absolute Gasteiger partial charge is 0.385 e. The lowest BCUT2D eigenvalue weighted by molar-refractivity contribution is 0.628. The number of hydrogen-bond acceptors (Lipinski definition) is 4. The summed E-state index contributed by atoms with van der Waals surface area (Å²) >= 11 is 0. The Hall–Kier alpha value is -1.05. The lowest BCUT2D eigenvalue weighted by atomic mass is 10.3. The van der Waals surface area contributed by atoms with E-state index in [4.69, 9.17) is 0 Å². The van der Waals surface area contributed by atoms with Crippen LogP contribution in [-0.2, 0) is 0 Å². The number of nitrogens with zero attached hydrogens (tertiary/aromatic N) is 1. The zero-order valence-corrected chi connectivity index (χ0v) is 13.1. The molecule has 19 heavy (non-hydrogen) atoms. The van der Waals surface area contributed by atoms with Crippen LogP contribution in [0.5, 0.6) is 0 Å². The van der Waals surface area contributed by atoms with E-state index in [1.807, 2.05) is 6.07 Å². The molecule has 106 valence electrons. The molecule has 0 fully saturated rings. The van der Waals surface area contributed by atoms with Crippen LogP contribution in [0, 0.1) is 5.82 Å². The highest BCUT2D eigenvalue weighted by molar-refractivity contribution is 14.0. The first-order chi connectivity index (χ1) is 8.84. The highest BCUT2D eigenvalue weighted by atomic mass is 127. The van der Waals surface area contributed by atoms with E-state index in [0.717, 1.165) is 50.7 Å². The molecule has 0 aliphatic carbocycles. The van der Waals surface area contributed by atoms with Crippen molar-refractivity contribution < 1.29 is 4.39 Å². The Bertz CT molecular complexity index is 411. The average Bonchev–Trinajstić information content (AvgIpc) is 2.40. The fraction of sp³-hybridized carbons (Fsp3) is 0.462. The molecule has 1 aromatic carbocycles.